The molecule has 0 fully saturated rings. The number of benzene rings is 1. The lowest BCUT2D eigenvalue weighted by atomic mass is 10.1. The summed E-state index contributed by atoms with van der Waals surface area (Å²) in [5, 5.41) is 0.501. The van der Waals surface area contributed by atoms with E-state index in [9.17, 15) is 9.36 Å². The highest BCUT2D eigenvalue weighted by molar-refractivity contribution is 7.46. The van der Waals surface area contributed by atoms with Crippen LogP contribution in [-0.2, 0) is 20.3 Å². The van der Waals surface area contributed by atoms with Crippen molar-refractivity contribution in [1.82, 2.24) is 0 Å². The Morgan fingerprint density at radius 1 is 1.44 bits per heavy atom. The fraction of sp³-hybridized carbons (Fsp3) is 0.222. The zero-order valence-corrected chi connectivity index (χ0v) is 9.82. The molecule has 0 aliphatic carbocycles. The smallest absolute Gasteiger partial charge is 0.303 e. The van der Waals surface area contributed by atoms with Crippen LogP contribution in [0.1, 0.15) is 5.56 Å². The Kier molecular flexibility index (Phi) is 4.65. The number of halogens is 1. The predicted molar refractivity (Wildman–Crippen MR) is 58.2 cm³/mol. The lowest BCUT2D eigenvalue weighted by molar-refractivity contribution is -0.120. The van der Waals surface area contributed by atoms with Crippen LogP contribution >= 0.6 is 19.4 Å². The Bertz CT molecular complexity index is 428. The summed E-state index contributed by atoms with van der Waals surface area (Å²) in [5.41, 5.74) is 0.673. The Labute approximate surface area is 97.2 Å². The number of Topliss-reactive ketones (excluding diaryl/α,β-unsaturated/α-hetero) is 1. The van der Waals surface area contributed by atoms with Crippen molar-refractivity contribution in [2.45, 2.75) is 6.42 Å². The fourth-order valence-electron chi connectivity index (χ4n) is 1.08. The van der Waals surface area contributed by atoms with Crippen LogP contribution in [0.15, 0.2) is 24.3 Å². The van der Waals surface area contributed by atoms with Gasteiger partial charge in [-0.3, -0.25) is 9.32 Å². The van der Waals surface area contributed by atoms with Gasteiger partial charge in [0.1, 0.15) is 6.61 Å². The minimum Gasteiger partial charge on any atom is -0.303 e. The highest BCUT2D eigenvalue weighted by Gasteiger charge is 2.16. The molecule has 0 saturated heterocycles. The number of ketones is 1. The van der Waals surface area contributed by atoms with E-state index in [2.05, 4.69) is 4.52 Å². The molecule has 0 saturated carbocycles. The van der Waals surface area contributed by atoms with Gasteiger partial charge in [0.25, 0.3) is 0 Å². The molecule has 0 aromatic heterocycles. The first-order chi connectivity index (χ1) is 7.37. The van der Waals surface area contributed by atoms with Crippen LogP contribution in [0.2, 0.25) is 5.02 Å². The van der Waals surface area contributed by atoms with Crippen molar-refractivity contribution < 1.29 is 23.7 Å². The van der Waals surface area contributed by atoms with Crippen molar-refractivity contribution in [3.63, 3.8) is 0 Å². The number of carbonyl (C=O) groups is 1. The summed E-state index contributed by atoms with van der Waals surface area (Å²) in [6.45, 7) is -0.614. The summed E-state index contributed by atoms with van der Waals surface area (Å²) in [6.07, 6.45) is 0.0283. The van der Waals surface area contributed by atoms with Gasteiger partial charge in [-0.25, -0.2) is 4.57 Å². The highest BCUT2D eigenvalue weighted by atomic mass is 35.5. The van der Waals surface area contributed by atoms with Crippen LogP contribution in [0, 0.1) is 0 Å². The van der Waals surface area contributed by atoms with Gasteiger partial charge in [-0.15, -0.1) is 0 Å². The lowest BCUT2D eigenvalue weighted by Crippen LogP contribution is -2.10. The largest absolute Gasteiger partial charge is 0.470 e. The predicted octanol–water partition coefficient (Wildman–Crippen LogP) is 1.56. The first kappa shape index (κ1) is 13.4. The van der Waals surface area contributed by atoms with E-state index < -0.39 is 20.2 Å². The number of rotatable bonds is 5. The van der Waals surface area contributed by atoms with Crippen molar-refractivity contribution in [3.05, 3.63) is 34.9 Å². The summed E-state index contributed by atoms with van der Waals surface area (Å²) >= 11 is 5.71. The van der Waals surface area contributed by atoms with Gasteiger partial charge in [0, 0.05) is 11.4 Å². The molecule has 0 amide bonds. The van der Waals surface area contributed by atoms with Crippen LogP contribution in [-0.4, -0.2) is 22.2 Å². The van der Waals surface area contributed by atoms with E-state index in [1.165, 1.54) is 0 Å². The van der Waals surface area contributed by atoms with Crippen LogP contribution in [0.3, 0.4) is 0 Å². The summed E-state index contributed by atoms with van der Waals surface area (Å²) in [5.74, 6) is -0.425. The SMILES string of the molecule is O=C(COP(=O)(O)O)Cc1cccc(Cl)c1. The third-order valence-corrected chi connectivity index (χ3v) is 2.38. The quantitative estimate of drug-likeness (QED) is 0.789. The number of phosphoric acid groups is 1. The molecular weight excluding hydrogens is 255 g/mol. The van der Waals surface area contributed by atoms with Crippen molar-refractivity contribution in [2.24, 2.45) is 0 Å². The molecule has 1 aromatic carbocycles. The molecule has 0 atom stereocenters. The van der Waals surface area contributed by atoms with E-state index in [1.807, 2.05) is 0 Å². The van der Waals surface area contributed by atoms with Gasteiger partial charge >= 0.3 is 7.82 Å². The Balaban J connectivity index is 2.49. The number of hydrogen-bond donors (Lipinski definition) is 2. The molecule has 0 aliphatic rings. The molecule has 7 heteroatoms. The van der Waals surface area contributed by atoms with Gasteiger partial charge in [0.2, 0.25) is 0 Å². The summed E-state index contributed by atoms with van der Waals surface area (Å²) in [6, 6.07) is 6.66. The Morgan fingerprint density at radius 3 is 2.69 bits per heavy atom. The van der Waals surface area contributed by atoms with Crippen LogP contribution < -0.4 is 0 Å². The molecule has 0 aliphatic heterocycles. The normalized spacial score (nSPS) is 11.4. The monoisotopic (exact) mass is 264 g/mol. The summed E-state index contributed by atoms with van der Waals surface area (Å²) < 4.78 is 14.4. The highest BCUT2D eigenvalue weighted by Crippen LogP contribution is 2.35. The van der Waals surface area contributed by atoms with E-state index >= 15 is 0 Å². The van der Waals surface area contributed by atoms with Gasteiger partial charge in [-0.1, -0.05) is 23.7 Å². The van der Waals surface area contributed by atoms with E-state index in [1.54, 1.807) is 24.3 Å². The molecule has 0 heterocycles. The Morgan fingerprint density at radius 2 is 2.12 bits per heavy atom. The van der Waals surface area contributed by atoms with Crippen LogP contribution in [0.5, 0.6) is 0 Å². The van der Waals surface area contributed by atoms with Crippen molar-refractivity contribution in [2.75, 3.05) is 6.61 Å². The van der Waals surface area contributed by atoms with Gasteiger partial charge in [0.05, 0.1) is 0 Å². The van der Waals surface area contributed by atoms with Gasteiger partial charge in [-0.2, -0.15) is 0 Å². The zero-order chi connectivity index (χ0) is 12.2. The van der Waals surface area contributed by atoms with Crippen LogP contribution in [0.25, 0.3) is 0 Å². The van der Waals surface area contributed by atoms with Gasteiger partial charge in [-0.05, 0) is 17.7 Å². The second-order valence-corrected chi connectivity index (χ2v) is 4.79. The average Bonchev–Trinajstić information content (AvgIpc) is 2.14. The average molecular weight is 265 g/mol. The standard InChI is InChI=1S/C9H10ClO5P/c10-8-3-1-2-7(4-8)5-9(11)6-15-16(12,13)14/h1-4H,5-6H2,(H2,12,13,14). The molecule has 1 aromatic rings. The van der Waals surface area contributed by atoms with E-state index in [-0.39, 0.29) is 6.42 Å². The first-order valence-corrected chi connectivity index (χ1v) is 6.24. The maximum Gasteiger partial charge on any atom is 0.470 e. The molecule has 88 valence electrons. The second-order valence-electron chi connectivity index (χ2n) is 3.11. The molecule has 0 spiro atoms. The molecule has 16 heavy (non-hydrogen) atoms. The molecule has 0 unspecified atom stereocenters. The van der Waals surface area contributed by atoms with Crippen molar-refractivity contribution in [1.29, 1.82) is 0 Å². The zero-order valence-electron chi connectivity index (χ0n) is 8.17. The minimum absolute atomic E-state index is 0.0283. The van der Waals surface area contributed by atoms with E-state index in [4.69, 9.17) is 21.4 Å². The van der Waals surface area contributed by atoms with E-state index in [0.717, 1.165) is 0 Å². The fourth-order valence-corrected chi connectivity index (χ4v) is 1.61. The van der Waals surface area contributed by atoms with Crippen molar-refractivity contribution in [3.8, 4) is 0 Å². The summed E-state index contributed by atoms with van der Waals surface area (Å²) in [4.78, 5) is 28.0. The Hall–Kier alpha value is -0.710. The molecule has 0 bridgehead atoms. The third-order valence-electron chi connectivity index (χ3n) is 1.68. The maximum absolute atomic E-state index is 11.3. The molecule has 1 rings (SSSR count). The topological polar surface area (TPSA) is 83.8 Å². The van der Waals surface area contributed by atoms with Gasteiger partial charge < -0.3 is 9.79 Å². The lowest BCUT2D eigenvalue weighted by Gasteiger charge is -2.04. The number of phosphoric ester groups is 1. The number of hydrogen-bond acceptors (Lipinski definition) is 3. The van der Waals surface area contributed by atoms with Crippen molar-refractivity contribution >= 4 is 25.2 Å². The number of carbonyl (C=O) groups excluding carboxylic acids is 1. The second kappa shape index (κ2) is 5.57. The third kappa shape index (κ3) is 5.39. The molecule has 2 N–H and O–H groups in total. The van der Waals surface area contributed by atoms with Crippen LogP contribution in [0.4, 0.5) is 0 Å². The van der Waals surface area contributed by atoms with Gasteiger partial charge in [0.15, 0.2) is 5.78 Å². The molecular formula is C9H10ClO5P. The minimum atomic E-state index is -4.58. The molecule has 0 radical (unpaired) electrons. The first-order valence-electron chi connectivity index (χ1n) is 4.33. The molecule has 5 nitrogen and oxygen atoms in total. The van der Waals surface area contributed by atoms with E-state index in [0.29, 0.717) is 10.6 Å². The summed E-state index contributed by atoms with van der Waals surface area (Å²) in [7, 11) is -4.58. The maximum atomic E-state index is 11.3.